The first-order valence-corrected chi connectivity index (χ1v) is 7.22. The Hall–Kier alpha value is -1.47. The molecule has 0 spiro atoms. The maximum Gasteiger partial charge on any atom is 0.246 e. The minimum Gasteiger partial charge on any atom is -0.335 e. The molecule has 0 aliphatic carbocycles. The van der Waals surface area contributed by atoms with Crippen LogP contribution in [0, 0.1) is 6.92 Å². The van der Waals surface area contributed by atoms with Crippen molar-refractivity contribution in [2.75, 3.05) is 7.05 Å². The van der Waals surface area contributed by atoms with Crippen molar-refractivity contribution in [2.24, 2.45) is 0 Å². The molecule has 2 rings (SSSR count). The Morgan fingerprint density at radius 1 is 1.58 bits per heavy atom. The number of likely N-dealkylation sites (N-methyl/N-ethyl adjacent to an activating group) is 1. The first-order valence-electron chi connectivity index (χ1n) is 5.61. The number of H-pyrrole nitrogens is 1. The molecule has 1 N–H and O–H groups in total. The summed E-state index contributed by atoms with van der Waals surface area (Å²) < 4.78 is 1.05. The van der Waals surface area contributed by atoms with Crippen LogP contribution in [-0.2, 0) is 11.3 Å². The fourth-order valence-electron chi connectivity index (χ4n) is 1.45. The van der Waals surface area contributed by atoms with Gasteiger partial charge in [0.05, 0.1) is 10.3 Å². The van der Waals surface area contributed by atoms with Gasteiger partial charge in [-0.05, 0) is 41.1 Å². The number of aromatic amines is 1. The van der Waals surface area contributed by atoms with Crippen molar-refractivity contribution in [1.82, 2.24) is 20.1 Å². The number of nitrogens with one attached hydrogen (secondary N) is 1. The lowest BCUT2D eigenvalue weighted by Gasteiger charge is -2.12. The van der Waals surface area contributed by atoms with Gasteiger partial charge in [0, 0.05) is 18.0 Å². The standard InChI is InChI=1S/C12H13BrN4OS/c1-8-14-11(16-15-8)7-17(2)12(18)6-4-9-3-5-10(13)19-9/h3-6H,7H2,1-2H3,(H,14,15,16). The van der Waals surface area contributed by atoms with Crippen molar-refractivity contribution in [2.45, 2.75) is 13.5 Å². The summed E-state index contributed by atoms with van der Waals surface area (Å²) in [6, 6.07) is 3.91. The van der Waals surface area contributed by atoms with Crippen LogP contribution in [-0.4, -0.2) is 33.0 Å². The Balaban J connectivity index is 1.94. The third-order valence-corrected chi connectivity index (χ3v) is 3.97. The predicted octanol–water partition coefficient (Wildman–Crippen LogP) is 2.61. The van der Waals surface area contributed by atoms with Gasteiger partial charge >= 0.3 is 0 Å². The molecule has 2 heterocycles. The van der Waals surface area contributed by atoms with Gasteiger partial charge in [-0.3, -0.25) is 9.89 Å². The van der Waals surface area contributed by atoms with E-state index in [0.29, 0.717) is 12.4 Å². The van der Waals surface area contributed by atoms with Gasteiger partial charge in [-0.2, -0.15) is 5.10 Å². The highest BCUT2D eigenvalue weighted by Crippen LogP contribution is 2.23. The second-order valence-corrected chi connectivity index (χ2v) is 6.50. The molecule has 2 aromatic heterocycles. The number of amides is 1. The van der Waals surface area contributed by atoms with Crippen LogP contribution in [0.25, 0.3) is 6.08 Å². The number of carbonyl (C=O) groups excluding carboxylic acids is 1. The van der Waals surface area contributed by atoms with Crippen LogP contribution in [0.5, 0.6) is 0 Å². The number of halogens is 1. The Morgan fingerprint density at radius 3 is 2.95 bits per heavy atom. The van der Waals surface area contributed by atoms with Crippen LogP contribution < -0.4 is 0 Å². The number of aromatic nitrogens is 3. The summed E-state index contributed by atoms with van der Waals surface area (Å²) >= 11 is 4.96. The number of hydrogen-bond acceptors (Lipinski definition) is 4. The van der Waals surface area contributed by atoms with Crippen molar-refractivity contribution >= 4 is 39.2 Å². The highest BCUT2D eigenvalue weighted by atomic mass is 79.9. The molecule has 100 valence electrons. The van der Waals surface area contributed by atoms with Crippen LogP contribution in [0.3, 0.4) is 0 Å². The zero-order valence-electron chi connectivity index (χ0n) is 10.6. The summed E-state index contributed by atoms with van der Waals surface area (Å²) in [6.45, 7) is 2.22. The molecule has 0 aliphatic rings. The maximum atomic E-state index is 11.9. The highest BCUT2D eigenvalue weighted by molar-refractivity contribution is 9.11. The molecule has 0 fully saturated rings. The van der Waals surface area contributed by atoms with Crippen LogP contribution in [0.2, 0.25) is 0 Å². The third kappa shape index (κ3) is 4.00. The lowest BCUT2D eigenvalue weighted by atomic mass is 10.4. The number of thiophene rings is 1. The number of carbonyl (C=O) groups is 1. The van der Waals surface area contributed by atoms with E-state index in [4.69, 9.17) is 0 Å². The lowest BCUT2D eigenvalue weighted by Crippen LogP contribution is -2.24. The summed E-state index contributed by atoms with van der Waals surface area (Å²) in [4.78, 5) is 18.7. The summed E-state index contributed by atoms with van der Waals surface area (Å²) in [5.74, 6) is 1.28. The molecule has 0 bridgehead atoms. The fraction of sp³-hybridized carbons (Fsp3) is 0.250. The Morgan fingerprint density at radius 2 is 2.37 bits per heavy atom. The molecule has 0 atom stereocenters. The van der Waals surface area contributed by atoms with Gasteiger partial charge in [0.1, 0.15) is 5.82 Å². The molecule has 0 unspecified atom stereocenters. The molecule has 0 aromatic carbocycles. The van der Waals surface area contributed by atoms with E-state index in [9.17, 15) is 4.79 Å². The molecule has 0 saturated heterocycles. The summed E-state index contributed by atoms with van der Waals surface area (Å²) in [6.07, 6.45) is 3.36. The van der Waals surface area contributed by atoms with Crippen LogP contribution in [0.1, 0.15) is 16.5 Å². The zero-order chi connectivity index (χ0) is 13.8. The van der Waals surface area contributed by atoms with Gasteiger partial charge in [0.25, 0.3) is 0 Å². The second kappa shape index (κ2) is 6.12. The SMILES string of the molecule is Cc1nc(CN(C)C(=O)C=Cc2ccc(Br)s2)n[nH]1. The first-order chi connectivity index (χ1) is 9.04. The molecular formula is C12H13BrN4OS. The normalized spacial score (nSPS) is 11.1. The highest BCUT2D eigenvalue weighted by Gasteiger charge is 2.09. The van der Waals surface area contributed by atoms with Crippen molar-refractivity contribution in [1.29, 1.82) is 0 Å². The molecular weight excluding hydrogens is 328 g/mol. The van der Waals surface area contributed by atoms with Crippen molar-refractivity contribution in [3.05, 3.63) is 38.5 Å². The van der Waals surface area contributed by atoms with E-state index in [1.807, 2.05) is 19.1 Å². The van der Waals surface area contributed by atoms with E-state index in [-0.39, 0.29) is 5.91 Å². The van der Waals surface area contributed by atoms with E-state index >= 15 is 0 Å². The number of nitrogens with zero attached hydrogens (tertiary/aromatic N) is 3. The number of rotatable bonds is 4. The third-order valence-electron chi connectivity index (χ3n) is 2.38. The largest absolute Gasteiger partial charge is 0.335 e. The molecule has 5 nitrogen and oxygen atoms in total. The van der Waals surface area contributed by atoms with Gasteiger partial charge in [-0.1, -0.05) is 0 Å². The number of aryl methyl sites for hydroxylation is 1. The van der Waals surface area contributed by atoms with Crippen LogP contribution in [0.4, 0.5) is 0 Å². The average molecular weight is 341 g/mol. The molecule has 0 aliphatic heterocycles. The second-order valence-electron chi connectivity index (χ2n) is 4.01. The summed E-state index contributed by atoms with van der Waals surface area (Å²) in [5.41, 5.74) is 0. The van der Waals surface area contributed by atoms with Crippen molar-refractivity contribution in [3.8, 4) is 0 Å². The molecule has 19 heavy (non-hydrogen) atoms. The van der Waals surface area contributed by atoms with Gasteiger partial charge in [-0.25, -0.2) is 4.98 Å². The van der Waals surface area contributed by atoms with E-state index in [1.54, 1.807) is 35.4 Å². The monoisotopic (exact) mass is 340 g/mol. The summed E-state index contributed by atoms with van der Waals surface area (Å²) in [5, 5.41) is 6.75. The van der Waals surface area contributed by atoms with Crippen LogP contribution >= 0.6 is 27.3 Å². The Kier molecular flexibility index (Phi) is 4.49. The van der Waals surface area contributed by atoms with Gasteiger partial charge in [-0.15, -0.1) is 11.3 Å². The van der Waals surface area contributed by atoms with Crippen molar-refractivity contribution < 1.29 is 4.79 Å². The minimum absolute atomic E-state index is 0.0769. The molecule has 0 saturated carbocycles. The Bertz CT molecular complexity index is 604. The minimum atomic E-state index is -0.0769. The number of hydrogen-bond donors (Lipinski definition) is 1. The first kappa shape index (κ1) is 14.0. The van der Waals surface area contributed by atoms with E-state index in [2.05, 4.69) is 31.1 Å². The van der Waals surface area contributed by atoms with E-state index < -0.39 is 0 Å². The lowest BCUT2D eigenvalue weighted by molar-refractivity contribution is -0.125. The van der Waals surface area contributed by atoms with Gasteiger partial charge < -0.3 is 4.90 Å². The topological polar surface area (TPSA) is 61.9 Å². The van der Waals surface area contributed by atoms with Gasteiger partial charge in [0.2, 0.25) is 5.91 Å². The molecule has 1 amide bonds. The van der Waals surface area contributed by atoms with Crippen LogP contribution in [0.15, 0.2) is 22.0 Å². The quantitative estimate of drug-likeness (QED) is 0.870. The zero-order valence-corrected chi connectivity index (χ0v) is 13.0. The van der Waals surface area contributed by atoms with Gasteiger partial charge in [0.15, 0.2) is 5.82 Å². The van der Waals surface area contributed by atoms with E-state index in [0.717, 1.165) is 14.5 Å². The average Bonchev–Trinajstić information content (AvgIpc) is 2.95. The predicted molar refractivity (Wildman–Crippen MR) is 78.6 cm³/mol. The van der Waals surface area contributed by atoms with Crippen molar-refractivity contribution in [3.63, 3.8) is 0 Å². The summed E-state index contributed by atoms with van der Waals surface area (Å²) in [7, 11) is 1.72. The van der Waals surface area contributed by atoms with E-state index in [1.165, 1.54) is 0 Å². The fourth-order valence-corrected chi connectivity index (χ4v) is 2.77. The molecule has 7 heteroatoms. The smallest absolute Gasteiger partial charge is 0.246 e. The molecule has 2 aromatic rings. The molecule has 0 radical (unpaired) electrons. The maximum absolute atomic E-state index is 11.9. The Labute approximate surface area is 123 Å².